The van der Waals surface area contributed by atoms with Gasteiger partial charge < -0.3 is 9.47 Å². The third-order valence-electron chi connectivity index (χ3n) is 4.74. The molecule has 160 valence electrons. The van der Waals surface area contributed by atoms with Gasteiger partial charge in [0.05, 0.1) is 17.2 Å². The van der Waals surface area contributed by atoms with Crippen LogP contribution in [0.4, 0.5) is 0 Å². The van der Waals surface area contributed by atoms with Crippen molar-refractivity contribution in [2.45, 2.75) is 20.5 Å². The molecule has 0 saturated heterocycles. The lowest BCUT2D eigenvalue weighted by atomic mass is 10.1. The zero-order valence-corrected chi connectivity index (χ0v) is 19.6. The Kier molecular flexibility index (Phi) is 7.66. The van der Waals surface area contributed by atoms with Crippen molar-refractivity contribution in [1.82, 2.24) is 0 Å². The fraction of sp³-hybridized carbons (Fsp3) is 0.160. The van der Waals surface area contributed by atoms with Crippen LogP contribution in [0.15, 0.2) is 54.6 Å². The van der Waals surface area contributed by atoms with E-state index in [2.05, 4.69) is 0 Å². The van der Waals surface area contributed by atoms with Crippen molar-refractivity contribution in [3.8, 4) is 11.5 Å². The minimum atomic E-state index is -0.167. The lowest BCUT2D eigenvalue weighted by Crippen LogP contribution is -2.00. The molecule has 0 bridgehead atoms. The van der Waals surface area contributed by atoms with Gasteiger partial charge in [0.2, 0.25) is 0 Å². The first-order chi connectivity index (χ1) is 14.8. The number of ketones is 1. The molecule has 0 unspecified atom stereocenters. The lowest BCUT2D eigenvalue weighted by Gasteiger charge is -2.13. The fourth-order valence-corrected chi connectivity index (χ4v) is 3.49. The number of allylic oxidation sites excluding steroid dienone is 1. The number of carbonyl (C=O) groups is 1. The number of methoxy groups -OCH3 is 1. The molecule has 0 saturated carbocycles. The van der Waals surface area contributed by atoms with Crippen molar-refractivity contribution < 1.29 is 14.3 Å². The standard InChI is InChI=1S/C25H21Cl3O3/c1-15-10-20(11-16(2)25(15)28)31-14-19-12-17(5-9-24(19)30-3)4-8-23(29)18-6-7-21(26)22(27)13-18/h4-13H,14H2,1-3H3/b8-4+. The molecular formula is C25H21Cl3O3. The predicted octanol–water partition coefficient (Wildman–Crippen LogP) is 7.75. The number of aryl methyl sites for hydroxylation is 2. The van der Waals surface area contributed by atoms with E-state index in [-0.39, 0.29) is 5.78 Å². The average Bonchev–Trinajstić information content (AvgIpc) is 2.76. The van der Waals surface area contributed by atoms with Gasteiger partial charge in [0.25, 0.3) is 0 Å². The molecule has 3 nitrogen and oxygen atoms in total. The van der Waals surface area contributed by atoms with Crippen LogP contribution >= 0.6 is 34.8 Å². The highest BCUT2D eigenvalue weighted by atomic mass is 35.5. The number of hydrogen-bond donors (Lipinski definition) is 0. The van der Waals surface area contributed by atoms with Crippen molar-refractivity contribution >= 4 is 46.7 Å². The number of carbonyl (C=O) groups excluding carboxylic acids is 1. The molecule has 0 aliphatic carbocycles. The van der Waals surface area contributed by atoms with Crippen molar-refractivity contribution in [2.24, 2.45) is 0 Å². The van der Waals surface area contributed by atoms with Crippen molar-refractivity contribution in [1.29, 1.82) is 0 Å². The van der Waals surface area contributed by atoms with Crippen molar-refractivity contribution in [3.05, 3.63) is 97.5 Å². The Labute approximate surface area is 197 Å². The Hall–Kier alpha value is -2.46. The summed E-state index contributed by atoms with van der Waals surface area (Å²) in [5.41, 5.74) is 4.09. The van der Waals surface area contributed by atoms with Crippen LogP contribution in [0.25, 0.3) is 6.08 Å². The number of hydrogen-bond acceptors (Lipinski definition) is 3. The number of ether oxygens (including phenoxy) is 2. The van der Waals surface area contributed by atoms with E-state index in [4.69, 9.17) is 44.3 Å². The van der Waals surface area contributed by atoms with Crippen LogP contribution in [0.2, 0.25) is 15.1 Å². The van der Waals surface area contributed by atoms with E-state index in [9.17, 15) is 4.79 Å². The summed E-state index contributed by atoms with van der Waals surface area (Å²) in [7, 11) is 1.61. The highest BCUT2D eigenvalue weighted by Gasteiger charge is 2.09. The molecular weight excluding hydrogens is 455 g/mol. The summed E-state index contributed by atoms with van der Waals surface area (Å²) in [4.78, 5) is 12.4. The van der Waals surface area contributed by atoms with E-state index in [1.807, 2.05) is 44.2 Å². The Morgan fingerprint density at radius 2 is 1.65 bits per heavy atom. The minimum Gasteiger partial charge on any atom is -0.496 e. The van der Waals surface area contributed by atoms with Gasteiger partial charge in [-0.05, 0) is 79.1 Å². The normalized spacial score (nSPS) is 11.0. The maximum absolute atomic E-state index is 12.4. The van der Waals surface area contributed by atoms with E-state index in [0.717, 1.165) is 33.0 Å². The van der Waals surface area contributed by atoms with Crippen molar-refractivity contribution in [2.75, 3.05) is 7.11 Å². The molecule has 0 aliphatic rings. The molecule has 6 heteroatoms. The summed E-state index contributed by atoms with van der Waals surface area (Å²) in [5, 5.41) is 1.49. The molecule has 0 fully saturated rings. The van der Waals surface area contributed by atoms with Gasteiger partial charge in [0, 0.05) is 16.1 Å². The van der Waals surface area contributed by atoms with Gasteiger partial charge in [-0.1, -0.05) is 46.9 Å². The van der Waals surface area contributed by atoms with E-state index >= 15 is 0 Å². The second-order valence-corrected chi connectivity index (χ2v) is 8.25. The summed E-state index contributed by atoms with van der Waals surface area (Å²) in [5.74, 6) is 1.27. The monoisotopic (exact) mass is 474 g/mol. The molecule has 3 aromatic carbocycles. The number of halogens is 3. The van der Waals surface area contributed by atoms with Crippen LogP contribution in [-0.2, 0) is 6.61 Å². The maximum atomic E-state index is 12.4. The smallest absolute Gasteiger partial charge is 0.185 e. The van der Waals surface area contributed by atoms with Gasteiger partial charge in [0.15, 0.2) is 5.78 Å². The first-order valence-corrected chi connectivity index (χ1v) is 10.7. The zero-order valence-electron chi connectivity index (χ0n) is 17.3. The van der Waals surface area contributed by atoms with E-state index < -0.39 is 0 Å². The minimum absolute atomic E-state index is 0.167. The van der Waals surface area contributed by atoms with Gasteiger partial charge in [-0.25, -0.2) is 0 Å². The summed E-state index contributed by atoms with van der Waals surface area (Å²) < 4.78 is 11.4. The van der Waals surface area contributed by atoms with Crippen LogP contribution in [-0.4, -0.2) is 12.9 Å². The maximum Gasteiger partial charge on any atom is 0.185 e. The van der Waals surface area contributed by atoms with Crippen LogP contribution < -0.4 is 9.47 Å². The van der Waals surface area contributed by atoms with Crippen molar-refractivity contribution in [3.63, 3.8) is 0 Å². The Bertz CT molecular complexity index is 1130. The van der Waals surface area contributed by atoms with Gasteiger partial charge >= 0.3 is 0 Å². The van der Waals surface area contributed by atoms with Crippen LogP contribution in [0.3, 0.4) is 0 Å². The highest BCUT2D eigenvalue weighted by molar-refractivity contribution is 6.42. The topological polar surface area (TPSA) is 35.5 Å². The molecule has 0 aliphatic heterocycles. The molecule has 0 N–H and O–H groups in total. The molecule has 0 atom stereocenters. The SMILES string of the molecule is COc1ccc(/C=C/C(=O)c2ccc(Cl)c(Cl)c2)cc1COc1cc(C)c(Cl)c(C)c1. The Balaban J connectivity index is 1.77. The predicted molar refractivity (Wildman–Crippen MR) is 128 cm³/mol. The summed E-state index contributed by atoms with van der Waals surface area (Å²) >= 11 is 18.1. The third kappa shape index (κ3) is 5.82. The first-order valence-electron chi connectivity index (χ1n) is 9.52. The molecule has 0 radical (unpaired) electrons. The third-order valence-corrected chi connectivity index (χ3v) is 6.08. The van der Waals surface area contributed by atoms with Crippen LogP contribution in [0.5, 0.6) is 11.5 Å². The Morgan fingerprint density at radius 3 is 2.29 bits per heavy atom. The molecule has 3 rings (SSSR count). The second kappa shape index (κ2) is 10.2. The molecule has 31 heavy (non-hydrogen) atoms. The fourth-order valence-electron chi connectivity index (χ4n) is 3.08. The number of rotatable bonds is 7. The molecule has 0 amide bonds. The van der Waals surface area contributed by atoms with Gasteiger partial charge in [-0.2, -0.15) is 0 Å². The molecule has 3 aromatic rings. The summed E-state index contributed by atoms with van der Waals surface area (Å²) in [6.07, 6.45) is 3.24. The van der Waals surface area contributed by atoms with E-state index in [1.54, 1.807) is 31.4 Å². The van der Waals surface area contributed by atoms with Gasteiger partial charge in [-0.3, -0.25) is 4.79 Å². The largest absolute Gasteiger partial charge is 0.496 e. The zero-order chi connectivity index (χ0) is 22.5. The molecule has 0 heterocycles. The molecule has 0 aromatic heterocycles. The summed E-state index contributed by atoms with van der Waals surface area (Å²) in [6, 6.07) is 14.3. The summed E-state index contributed by atoms with van der Waals surface area (Å²) in [6.45, 7) is 4.20. The first kappa shape index (κ1) is 23.2. The van der Waals surface area contributed by atoms with Gasteiger partial charge in [0.1, 0.15) is 18.1 Å². The average molecular weight is 476 g/mol. The quantitative estimate of drug-likeness (QED) is 0.259. The second-order valence-electron chi connectivity index (χ2n) is 7.06. The highest BCUT2D eigenvalue weighted by Crippen LogP contribution is 2.28. The van der Waals surface area contributed by atoms with E-state index in [1.165, 1.54) is 6.08 Å². The van der Waals surface area contributed by atoms with Crippen LogP contribution in [0.1, 0.15) is 32.6 Å². The molecule has 0 spiro atoms. The Morgan fingerprint density at radius 1 is 0.935 bits per heavy atom. The lowest BCUT2D eigenvalue weighted by molar-refractivity contribution is 0.104. The van der Waals surface area contributed by atoms with E-state index in [0.29, 0.717) is 28.0 Å². The van der Waals surface area contributed by atoms with Crippen LogP contribution in [0, 0.1) is 13.8 Å². The van der Waals surface area contributed by atoms with Gasteiger partial charge in [-0.15, -0.1) is 0 Å². The number of benzene rings is 3.